The van der Waals surface area contributed by atoms with E-state index in [1.807, 2.05) is 0 Å². The maximum atomic E-state index is 13.3. The van der Waals surface area contributed by atoms with Crippen molar-refractivity contribution in [2.75, 3.05) is 5.75 Å². The molecular weight excluding hydrogens is 457 g/mol. The Kier molecular flexibility index (Phi) is 8.56. The van der Waals surface area contributed by atoms with Gasteiger partial charge in [-0.25, -0.2) is 0 Å². The highest BCUT2D eigenvalue weighted by molar-refractivity contribution is 7.99. The number of ketones is 1. The predicted molar refractivity (Wildman–Crippen MR) is 133 cm³/mol. The van der Waals surface area contributed by atoms with E-state index in [0.717, 1.165) is 58.5 Å². The molecule has 3 rings (SSSR count). The lowest BCUT2D eigenvalue weighted by Crippen LogP contribution is -2.27. The Morgan fingerprint density at radius 2 is 1.62 bits per heavy atom. The number of aliphatic hydroxyl groups is 1. The number of carbonyl (C=O) groups is 1. The van der Waals surface area contributed by atoms with Crippen LogP contribution in [-0.2, 0) is 23.8 Å². The maximum absolute atomic E-state index is 13.3. The van der Waals surface area contributed by atoms with Crippen molar-refractivity contribution < 1.29 is 23.1 Å². The highest BCUT2D eigenvalue weighted by Crippen LogP contribution is 2.41. The second-order valence-corrected chi connectivity index (χ2v) is 10.2. The Labute approximate surface area is 204 Å². The number of hydrogen-bond acceptors (Lipinski definition) is 3. The fraction of sp³-hybridized carbons (Fsp3) is 0.464. The van der Waals surface area contributed by atoms with E-state index in [9.17, 15) is 23.1 Å². The van der Waals surface area contributed by atoms with Gasteiger partial charge in [-0.15, -0.1) is 11.8 Å². The molecule has 0 heterocycles. The number of hydrogen-bond donors (Lipinski definition) is 1. The van der Waals surface area contributed by atoms with Crippen LogP contribution in [0.15, 0.2) is 47.1 Å². The number of alkyl halides is 3. The summed E-state index contributed by atoms with van der Waals surface area (Å²) in [5.41, 5.74) is 4.08. The number of rotatable bonds is 8. The summed E-state index contributed by atoms with van der Waals surface area (Å²) >= 11 is 1.50. The lowest BCUT2D eigenvalue weighted by Gasteiger charge is -2.31. The molecule has 0 bridgehead atoms. The average Bonchev–Trinajstić information content (AvgIpc) is 2.79. The fourth-order valence-corrected chi connectivity index (χ4v) is 6.14. The van der Waals surface area contributed by atoms with Gasteiger partial charge in [-0.3, -0.25) is 4.79 Å². The molecule has 6 heteroatoms. The lowest BCUT2D eigenvalue weighted by molar-refractivity contribution is -0.137. The first kappa shape index (κ1) is 26.4. The van der Waals surface area contributed by atoms with Crippen molar-refractivity contribution >= 4 is 23.1 Å². The summed E-state index contributed by atoms with van der Waals surface area (Å²) in [6.07, 6.45) is -1.10. The molecule has 0 saturated heterocycles. The first-order valence-corrected chi connectivity index (χ1v) is 13.0. The summed E-state index contributed by atoms with van der Waals surface area (Å²) in [7, 11) is 0. The monoisotopic (exact) mass is 490 g/mol. The van der Waals surface area contributed by atoms with E-state index in [1.165, 1.54) is 23.9 Å². The van der Waals surface area contributed by atoms with Gasteiger partial charge < -0.3 is 5.11 Å². The van der Waals surface area contributed by atoms with E-state index in [0.29, 0.717) is 24.2 Å². The summed E-state index contributed by atoms with van der Waals surface area (Å²) in [5, 5.41) is 11.1. The highest BCUT2D eigenvalue weighted by atomic mass is 32.2. The minimum Gasteiger partial charge on any atom is -0.512 e. The molecule has 0 spiro atoms. The summed E-state index contributed by atoms with van der Waals surface area (Å²) in [4.78, 5) is 14.1. The fourth-order valence-electron chi connectivity index (χ4n) is 4.89. The first-order valence-electron chi connectivity index (χ1n) is 12.0. The normalized spacial score (nSPS) is 17.9. The molecule has 0 aliphatic heterocycles. The van der Waals surface area contributed by atoms with Crippen LogP contribution in [0, 0.1) is 18.8 Å². The predicted octanol–water partition coefficient (Wildman–Crippen LogP) is 8.21. The van der Waals surface area contributed by atoms with Gasteiger partial charge in [0.15, 0.2) is 5.78 Å². The van der Waals surface area contributed by atoms with Gasteiger partial charge >= 0.3 is 6.18 Å². The van der Waals surface area contributed by atoms with E-state index in [4.69, 9.17) is 0 Å². The summed E-state index contributed by atoms with van der Waals surface area (Å²) in [6.45, 7) is 8.24. The second-order valence-electron chi connectivity index (χ2n) is 9.08. The molecule has 184 valence electrons. The van der Waals surface area contributed by atoms with Crippen LogP contribution in [-0.4, -0.2) is 16.6 Å². The van der Waals surface area contributed by atoms with Crippen molar-refractivity contribution in [3.05, 3.63) is 70.0 Å². The molecule has 0 fully saturated rings. The number of allylic oxidation sites excluding steroid dienone is 2. The zero-order chi connectivity index (χ0) is 25.0. The van der Waals surface area contributed by atoms with Crippen LogP contribution in [0.5, 0.6) is 0 Å². The minimum absolute atomic E-state index is 0.0139. The number of aryl methyl sites for hydroxylation is 3. The third-order valence-electron chi connectivity index (χ3n) is 6.77. The minimum atomic E-state index is -4.34. The van der Waals surface area contributed by atoms with Crippen LogP contribution < -0.4 is 0 Å². The van der Waals surface area contributed by atoms with Crippen molar-refractivity contribution in [1.29, 1.82) is 0 Å². The van der Waals surface area contributed by atoms with Gasteiger partial charge in [0.1, 0.15) is 5.76 Å². The van der Waals surface area contributed by atoms with Crippen molar-refractivity contribution in [2.45, 2.75) is 70.9 Å². The Bertz CT molecular complexity index is 1030. The highest BCUT2D eigenvalue weighted by Gasteiger charge is 2.34. The van der Waals surface area contributed by atoms with Gasteiger partial charge in [0, 0.05) is 23.5 Å². The molecule has 1 N–H and O–H groups in total. The molecule has 2 aromatic rings. The van der Waals surface area contributed by atoms with Gasteiger partial charge in [0.25, 0.3) is 0 Å². The van der Waals surface area contributed by atoms with Crippen LogP contribution in [0.25, 0.3) is 5.57 Å². The third kappa shape index (κ3) is 5.88. The molecule has 2 atom stereocenters. The van der Waals surface area contributed by atoms with Gasteiger partial charge in [-0.2, -0.15) is 13.2 Å². The van der Waals surface area contributed by atoms with Crippen molar-refractivity contribution in [3.8, 4) is 0 Å². The number of thioether (sulfide) groups is 1. The number of aliphatic hydroxyl groups excluding tert-OH is 1. The Hall–Kier alpha value is -2.21. The quantitative estimate of drug-likeness (QED) is 0.379. The second kappa shape index (κ2) is 11.0. The summed E-state index contributed by atoms with van der Waals surface area (Å²) in [6, 6.07) is 9.40. The van der Waals surface area contributed by atoms with E-state index >= 15 is 0 Å². The van der Waals surface area contributed by atoms with Crippen LogP contribution in [0.3, 0.4) is 0 Å². The van der Waals surface area contributed by atoms with Crippen molar-refractivity contribution in [1.82, 2.24) is 0 Å². The SMILES string of the molecule is CCc1cc(C)cc(CC)c1C1=C(O)CC(C(CC)CSc2ccc(C(F)(F)F)cc2)CC1=O. The van der Waals surface area contributed by atoms with E-state index in [2.05, 4.69) is 39.8 Å². The third-order valence-corrected chi connectivity index (χ3v) is 7.97. The molecular formula is C28H33F3O2S. The molecule has 2 nitrogen and oxygen atoms in total. The number of benzene rings is 2. The van der Waals surface area contributed by atoms with Gasteiger partial charge in [-0.1, -0.05) is 44.9 Å². The van der Waals surface area contributed by atoms with Crippen LogP contribution in [0.1, 0.15) is 67.9 Å². The standard InChI is InChI=1S/C28H33F3O2S/c1-5-18-12-17(4)13-19(6-2)26(18)27-24(32)14-21(15-25(27)33)20(7-3)16-34-23-10-8-22(9-11-23)28(29,30)31/h8-13,20-21,32H,5-7,14-16H2,1-4H3. The Morgan fingerprint density at radius 1 is 1.03 bits per heavy atom. The first-order chi connectivity index (χ1) is 16.1. The zero-order valence-corrected chi connectivity index (χ0v) is 21.1. The molecule has 2 unspecified atom stereocenters. The zero-order valence-electron chi connectivity index (χ0n) is 20.3. The molecule has 1 aliphatic rings. The Balaban J connectivity index is 1.79. The smallest absolute Gasteiger partial charge is 0.416 e. The van der Waals surface area contributed by atoms with E-state index in [1.54, 1.807) is 0 Å². The largest absolute Gasteiger partial charge is 0.512 e. The van der Waals surface area contributed by atoms with Crippen molar-refractivity contribution in [2.24, 2.45) is 11.8 Å². The van der Waals surface area contributed by atoms with Crippen LogP contribution in [0.2, 0.25) is 0 Å². The number of carbonyl (C=O) groups excluding carboxylic acids is 1. The summed E-state index contributed by atoms with van der Waals surface area (Å²) < 4.78 is 38.4. The molecule has 0 aromatic heterocycles. The number of halogens is 3. The van der Waals surface area contributed by atoms with Crippen LogP contribution >= 0.6 is 11.8 Å². The molecule has 0 saturated carbocycles. The molecule has 0 amide bonds. The number of Topliss-reactive ketones (excluding diaryl/α,β-unsaturated/α-hetero) is 1. The topological polar surface area (TPSA) is 37.3 Å². The van der Waals surface area contributed by atoms with Crippen LogP contribution in [0.4, 0.5) is 13.2 Å². The van der Waals surface area contributed by atoms with Gasteiger partial charge in [0.05, 0.1) is 11.1 Å². The molecule has 2 aromatic carbocycles. The molecule has 34 heavy (non-hydrogen) atoms. The van der Waals surface area contributed by atoms with Gasteiger partial charge in [0.2, 0.25) is 0 Å². The lowest BCUT2D eigenvalue weighted by atomic mass is 9.75. The Morgan fingerprint density at radius 3 is 2.09 bits per heavy atom. The molecule has 0 radical (unpaired) electrons. The van der Waals surface area contributed by atoms with E-state index in [-0.39, 0.29) is 23.4 Å². The van der Waals surface area contributed by atoms with Crippen molar-refractivity contribution in [3.63, 3.8) is 0 Å². The average molecular weight is 491 g/mol. The molecule has 1 aliphatic carbocycles. The van der Waals surface area contributed by atoms with E-state index < -0.39 is 11.7 Å². The maximum Gasteiger partial charge on any atom is 0.416 e. The van der Waals surface area contributed by atoms with Gasteiger partial charge in [-0.05, 0) is 72.6 Å². The summed E-state index contributed by atoms with van der Waals surface area (Å²) in [5.74, 6) is 1.04.